The second-order valence-electron chi connectivity index (χ2n) is 5.37. The van der Waals surface area contributed by atoms with E-state index in [0.717, 1.165) is 5.75 Å². The van der Waals surface area contributed by atoms with Crippen LogP contribution in [0.15, 0.2) is 54.6 Å². The minimum atomic E-state index is -1.19. The van der Waals surface area contributed by atoms with E-state index in [4.69, 9.17) is 9.47 Å². The summed E-state index contributed by atoms with van der Waals surface area (Å²) in [4.78, 5) is 23.4. The standard InChI is InChI=1S/C18H18O4/c1-13(19)22-18(2,3)17(20)14-9-11-16(12-10-14)21-15-7-5-4-6-8-15/h4-12H,1-3H3. The summed E-state index contributed by atoms with van der Waals surface area (Å²) in [5, 5.41) is 0. The molecule has 2 rings (SSSR count). The Kier molecular flexibility index (Phi) is 4.61. The normalized spacial score (nSPS) is 10.9. The van der Waals surface area contributed by atoms with E-state index in [0.29, 0.717) is 11.3 Å². The van der Waals surface area contributed by atoms with Crippen LogP contribution < -0.4 is 4.74 Å². The number of para-hydroxylation sites is 1. The summed E-state index contributed by atoms with van der Waals surface area (Å²) in [6.45, 7) is 4.43. The van der Waals surface area contributed by atoms with Gasteiger partial charge in [0.1, 0.15) is 11.5 Å². The van der Waals surface area contributed by atoms with Crippen LogP contribution in [0.1, 0.15) is 31.1 Å². The maximum Gasteiger partial charge on any atom is 0.303 e. The second kappa shape index (κ2) is 6.43. The molecule has 114 valence electrons. The number of benzene rings is 2. The van der Waals surface area contributed by atoms with E-state index in [2.05, 4.69) is 0 Å². The number of carbonyl (C=O) groups is 2. The summed E-state index contributed by atoms with van der Waals surface area (Å²) >= 11 is 0. The minimum Gasteiger partial charge on any atom is -0.457 e. The van der Waals surface area contributed by atoms with Crippen molar-refractivity contribution >= 4 is 11.8 Å². The summed E-state index contributed by atoms with van der Waals surface area (Å²) in [6.07, 6.45) is 0. The van der Waals surface area contributed by atoms with E-state index in [-0.39, 0.29) is 5.78 Å². The number of carbonyl (C=O) groups excluding carboxylic acids is 2. The van der Waals surface area contributed by atoms with Crippen LogP contribution in [0.2, 0.25) is 0 Å². The molecule has 0 aliphatic rings. The van der Waals surface area contributed by atoms with E-state index in [1.165, 1.54) is 6.92 Å². The van der Waals surface area contributed by atoms with Crippen molar-refractivity contribution in [3.63, 3.8) is 0 Å². The van der Waals surface area contributed by atoms with Crippen LogP contribution in [0, 0.1) is 0 Å². The Labute approximate surface area is 129 Å². The first-order valence-corrected chi connectivity index (χ1v) is 6.96. The van der Waals surface area contributed by atoms with Crippen LogP contribution in [-0.4, -0.2) is 17.4 Å². The lowest BCUT2D eigenvalue weighted by Gasteiger charge is -2.22. The van der Waals surface area contributed by atoms with Crippen molar-refractivity contribution in [2.24, 2.45) is 0 Å². The molecule has 2 aromatic carbocycles. The molecule has 0 heterocycles. The molecule has 22 heavy (non-hydrogen) atoms. The van der Waals surface area contributed by atoms with Crippen LogP contribution in [-0.2, 0) is 9.53 Å². The largest absolute Gasteiger partial charge is 0.457 e. The van der Waals surface area contributed by atoms with Gasteiger partial charge < -0.3 is 9.47 Å². The zero-order chi connectivity index (χ0) is 16.2. The van der Waals surface area contributed by atoms with Gasteiger partial charge in [-0.15, -0.1) is 0 Å². The van der Waals surface area contributed by atoms with Gasteiger partial charge in [0.15, 0.2) is 5.60 Å². The van der Waals surface area contributed by atoms with Gasteiger partial charge in [0.05, 0.1) is 0 Å². The van der Waals surface area contributed by atoms with Crippen LogP contribution >= 0.6 is 0 Å². The SMILES string of the molecule is CC(=O)OC(C)(C)C(=O)c1ccc(Oc2ccccc2)cc1. The van der Waals surface area contributed by atoms with Crippen molar-refractivity contribution in [2.75, 3.05) is 0 Å². The summed E-state index contributed by atoms with van der Waals surface area (Å²) in [6, 6.07) is 16.1. The quantitative estimate of drug-likeness (QED) is 0.618. The van der Waals surface area contributed by atoms with E-state index in [1.54, 1.807) is 38.1 Å². The number of hydrogen-bond acceptors (Lipinski definition) is 4. The first-order chi connectivity index (χ1) is 10.4. The molecule has 0 atom stereocenters. The van der Waals surface area contributed by atoms with Crippen LogP contribution in [0.4, 0.5) is 0 Å². The lowest BCUT2D eigenvalue weighted by Crippen LogP contribution is -2.36. The van der Waals surface area contributed by atoms with Gasteiger partial charge in [-0.3, -0.25) is 9.59 Å². The predicted octanol–water partition coefficient (Wildman–Crippen LogP) is 4.00. The summed E-state index contributed by atoms with van der Waals surface area (Å²) in [5.74, 6) is 0.617. The Morgan fingerprint density at radius 1 is 0.864 bits per heavy atom. The van der Waals surface area contributed by atoms with E-state index in [1.807, 2.05) is 30.3 Å². The number of Topliss-reactive ketones (excluding diaryl/α,β-unsaturated/α-hetero) is 1. The number of esters is 1. The lowest BCUT2D eigenvalue weighted by molar-refractivity contribution is -0.149. The Morgan fingerprint density at radius 2 is 1.41 bits per heavy atom. The van der Waals surface area contributed by atoms with Crippen molar-refractivity contribution in [1.82, 2.24) is 0 Å². The van der Waals surface area contributed by atoms with E-state index < -0.39 is 11.6 Å². The molecule has 0 saturated heterocycles. The molecule has 0 N–H and O–H groups in total. The summed E-state index contributed by atoms with van der Waals surface area (Å²) < 4.78 is 10.7. The Hall–Kier alpha value is -2.62. The van der Waals surface area contributed by atoms with E-state index in [9.17, 15) is 9.59 Å². The molecular formula is C18H18O4. The number of hydrogen-bond donors (Lipinski definition) is 0. The van der Waals surface area contributed by atoms with Gasteiger partial charge in [0, 0.05) is 12.5 Å². The third-order valence-electron chi connectivity index (χ3n) is 3.04. The number of rotatable bonds is 5. The van der Waals surface area contributed by atoms with Gasteiger partial charge in [-0.05, 0) is 50.2 Å². The fourth-order valence-corrected chi connectivity index (χ4v) is 2.05. The highest BCUT2D eigenvalue weighted by Crippen LogP contribution is 2.23. The molecule has 0 aliphatic heterocycles. The zero-order valence-corrected chi connectivity index (χ0v) is 12.8. The van der Waals surface area contributed by atoms with Crippen LogP contribution in [0.25, 0.3) is 0 Å². The third-order valence-corrected chi connectivity index (χ3v) is 3.04. The lowest BCUT2D eigenvalue weighted by atomic mass is 9.96. The van der Waals surface area contributed by atoms with Crippen molar-refractivity contribution < 1.29 is 19.1 Å². The van der Waals surface area contributed by atoms with Crippen molar-refractivity contribution in [3.05, 3.63) is 60.2 Å². The van der Waals surface area contributed by atoms with Gasteiger partial charge in [0.25, 0.3) is 0 Å². The molecule has 0 aliphatic carbocycles. The molecule has 0 spiro atoms. The number of ether oxygens (including phenoxy) is 2. The first kappa shape index (κ1) is 15.8. The fraction of sp³-hybridized carbons (Fsp3) is 0.222. The maximum atomic E-state index is 12.4. The molecule has 4 heteroatoms. The van der Waals surface area contributed by atoms with Gasteiger partial charge in [-0.2, -0.15) is 0 Å². The Balaban J connectivity index is 2.11. The van der Waals surface area contributed by atoms with Gasteiger partial charge in [-0.1, -0.05) is 18.2 Å². The summed E-state index contributed by atoms with van der Waals surface area (Å²) in [5.41, 5.74) is -0.722. The smallest absolute Gasteiger partial charge is 0.303 e. The molecule has 4 nitrogen and oxygen atoms in total. The Bertz CT molecular complexity index is 657. The molecule has 0 saturated carbocycles. The van der Waals surface area contributed by atoms with Crippen molar-refractivity contribution in [2.45, 2.75) is 26.4 Å². The monoisotopic (exact) mass is 298 g/mol. The van der Waals surface area contributed by atoms with Crippen molar-refractivity contribution in [1.29, 1.82) is 0 Å². The second-order valence-corrected chi connectivity index (χ2v) is 5.37. The molecule has 2 aromatic rings. The molecule has 0 fully saturated rings. The minimum absolute atomic E-state index is 0.256. The average Bonchev–Trinajstić information content (AvgIpc) is 2.47. The van der Waals surface area contributed by atoms with Gasteiger partial charge in [0.2, 0.25) is 5.78 Å². The number of ketones is 1. The molecule has 0 bridgehead atoms. The van der Waals surface area contributed by atoms with Crippen LogP contribution in [0.3, 0.4) is 0 Å². The molecule has 0 unspecified atom stereocenters. The molecule has 0 radical (unpaired) electrons. The van der Waals surface area contributed by atoms with Crippen LogP contribution in [0.5, 0.6) is 11.5 Å². The Morgan fingerprint density at radius 3 is 1.95 bits per heavy atom. The third kappa shape index (κ3) is 3.95. The molecule has 0 aromatic heterocycles. The van der Waals surface area contributed by atoms with Gasteiger partial charge in [-0.25, -0.2) is 0 Å². The molecule has 0 amide bonds. The first-order valence-electron chi connectivity index (χ1n) is 6.96. The highest BCUT2D eigenvalue weighted by molar-refractivity contribution is 6.02. The zero-order valence-electron chi connectivity index (χ0n) is 12.8. The maximum absolute atomic E-state index is 12.4. The van der Waals surface area contributed by atoms with E-state index >= 15 is 0 Å². The fourth-order valence-electron chi connectivity index (χ4n) is 2.05. The topological polar surface area (TPSA) is 52.6 Å². The predicted molar refractivity (Wildman–Crippen MR) is 83.1 cm³/mol. The van der Waals surface area contributed by atoms with Crippen molar-refractivity contribution in [3.8, 4) is 11.5 Å². The molecular weight excluding hydrogens is 280 g/mol. The van der Waals surface area contributed by atoms with Gasteiger partial charge >= 0.3 is 5.97 Å². The highest BCUT2D eigenvalue weighted by atomic mass is 16.6. The summed E-state index contributed by atoms with van der Waals surface area (Å²) in [7, 11) is 0. The highest BCUT2D eigenvalue weighted by Gasteiger charge is 2.31. The average molecular weight is 298 g/mol.